The molecule has 126 valence electrons. The SMILES string of the molecule is CC(c1ccc(F)c(F)c1)N(C)C(=O)Nc1ccc([N+](=O)[O-])cc1. The van der Waals surface area contributed by atoms with Crippen molar-refractivity contribution >= 4 is 17.4 Å². The molecule has 1 atom stereocenters. The molecule has 2 aromatic rings. The van der Waals surface area contributed by atoms with Gasteiger partial charge in [-0.2, -0.15) is 0 Å². The van der Waals surface area contributed by atoms with Gasteiger partial charge in [-0.1, -0.05) is 6.07 Å². The fourth-order valence-corrected chi connectivity index (χ4v) is 2.05. The third-order valence-corrected chi connectivity index (χ3v) is 3.66. The topological polar surface area (TPSA) is 75.5 Å². The highest BCUT2D eigenvalue weighted by Crippen LogP contribution is 2.22. The van der Waals surface area contributed by atoms with Gasteiger partial charge in [-0.05, 0) is 36.8 Å². The van der Waals surface area contributed by atoms with Crippen LogP contribution in [0.2, 0.25) is 0 Å². The number of nitro benzene ring substituents is 1. The lowest BCUT2D eigenvalue weighted by Crippen LogP contribution is -2.33. The van der Waals surface area contributed by atoms with Gasteiger partial charge in [0.05, 0.1) is 11.0 Å². The van der Waals surface area contributed by atoms with Crippen LogP contribution in [0.3, 0.4) is 0 Å². The summed E-state index contributed by atoms with van der Waals surface area (Å²) in [6.07, 6.45) is 0. The van der Waals surface area contributed by atoms with Crippen molar-refractivity contribution in [2.24, 2.45) is 0 Å². The minimum absolute atomic E-state index is 0.0866. The minimum Gasteiger partial charge on any atom is -0.321 e. The van der Waals surface area contributed by atoms with Crippen LogP contribution in [-0.2, 0) is 0 Å². The third kappa shape index (κ3) is 3.83. The second-order valence-electron chi connectivity index (χ2n) is 5.19. The first-order chi connectivity index (χ1) is 11.3. The van der Waals surface area contributed by atoms with Crippen molar-refractivity contribution in [3.05, 3.63) is 69.8 Å². The smallest absolute Gasteiger partial charge is 0.321 e. The number of hydrogen-bond donors (Lipinski definition) is 1. The van der Waals surface area contributed by atoms with E-state index in [0.29, 0.717) is 11.3 Å². The number of rotatable bonds is 4. The van der Waals surface area contributed by atoms with E-state index in [1.807, 2.05) is 0 Å². The van der Waals surface area contributed by atoms with E-state index in [0.717, 1.165) is 12.1 Å². The van der Waals surface area contributed by atoms with Crippen LogP contribution in [0.1, 0.15) is 18.5 Å². The van der Waals surface area contributed by atoms with Crippen LogP contribution in [0.15, 0.2) is 42.5 Å². The molecular weight excluding hydrogens is 320 g/mol. The number of non-ortho nitro benzene ring substituents is 1. The van der Waals surface area contributed by atoms with Crippen molar-refractivity contribution < 1.29 is 18.5 Å². The Hall–Kier alpha value is -3.03. The lowest BCUT2D eigenvalue weighted by molar-refractivity contribution is -0.384. The number of carbonyl (C=O) groups excluding carboxylic acids is 1. The highest BCUT2D eigenvalue weighted by molar-refractivity contribution is 5.89. The van der Waals surface area contributed by atoms with Gasteiger partial charge in [0.25, 0.3) is 5.69 Å². The zero-order valence-corrected chi connectivity index (χ0v) is 13.0. The highest BCUT2D eigenvalue weighted by atomic mass is 19.2. The highest BCUT2D eigenvalue weighted by Gasteiger charge is 2.19. The molecule has 2 rings (SSSR count). The van der Waals surface area contributed by atoms with Crippen LogP contribution >= 0.6 is 0 Å². The summed E-state index contributed by atoms with van der Waals surface area (Å²) in [5.74, 6) is -1.94. The van der Waals surface area contributed by atoms with Gasteiger partial charge in [0.2, 0.25) is 0 Å². The average molecular weight is 335 g/mol. The number of nitro groups is 1. The Bertz CT molecular complexity index is 766. The van der Waals surface area contributed by atoms with Gasteiger partial charge in [0.1, 0.15) is 0 Å². The maximum absolute atomic E-state index is 13.3. The fraction of sp³-hybridized carbons (Fsp3) is 0.188. The first kappa shape index (κ1) is 17.3. The lowest BCUT2D eigenvalue weighted by Gasteiger charge is -2.25. The number of hydrogen-bond acceptors (Lipinski definition) is 3. The molecular formula is C16H15F2N3O3. The molecule has 1 N–H and O–H groups in total. The lowest BCUT2D eigenvalue weighted by atomic mass is 10.1. The predicted molar refractivity (Wildman–Crippen MR) is 84.7 cm³/mol. The first-order valence-electron chi connectivity index (χ1n) is 7.03. The molecule has 0 heterocycles. The zero-order valence-electron chi connectivity index (χ0n) is 13.0. The second kappa shape index (κ2) is 7.03. The van der Waals surface area contributed by atoms with E-state index in [-0.39, 0.29) is 5.69 Å². The van der Waals surface area contributed by atoms with E-state index in [1.54, 1.807) is 6.92 Å². The number of carbonyl (C=O) groups is 1. The maximum atomic E-state index is 13.3. The number of urea groups is 1. The van der Waals surface area contributed by atoms with E-state index in [4.69, 9.17) is 0 Å². The molecule has 0 bridgehead atoms. The van der Waals surface area contributed by atoms with Gasteiger partial charge in [-0.3, -0.25) is 10.1 Å². The molecule has 0 radical (unpaired) electrons. The molecule has 0 spiro atoms. The van der Waals surface area contributed by atoms with Gasteiger partial charge < -0.3 is 10.2 Å². The van der Waals surface area contributed by atoms with Crippen LogP contribution in [-0.4, -0.2) is 22.9 Å². The van der Waals surface area contributed by atoms with Crippen molar-refractivity contribution in [3.63, 3.8) is 0 Å². The maximum Gasteiger partial charge on any atom is 0.322 e. The molecule has 6 nitrogen and oxygen atoms in total. The number of nitrogens with one attached hydrogen (secondary N) is 1. The van der Waals surface area contributed by atoms with E-state index < -0.39 is 28.6 Å². The summed E-state index contributed by atoms with van der Waals surface area (Å²) in [4.78, 5) is 23.6. The van der Waals surface area contributed by atoms with E-state index in [9.17, 15) is 23.7 Å². The van der Waals surface area contributed by atoms with Gasteiger partial charge in [-0.15, -0.1) is 0 Å². The van der Waals surface area contributed by atoms with Gasteiger partial charge in [0, 0.05) is 24.9 Å². The summed E-state index contributed by atoms with van der Waals surface area (Å²) >= 11 is 0. The summed E-state index contributed by atoms with van der Waals surface area (Å²) in [6, 6.07) is 7.82. The van der Waals surface area contributed by atoms with Crippen molar-refractivity contribution in [2.45, 2.75) is 13.0 Å². The van der Waals surface area contributed by atoms with E-state index in [2.05, 4.69) is 5.32 Å². The Morgan fingerprint density at radius 1 is 1.17 bits per heavy atom. The number of anilines is 1. The molecule has 0 fully saturated rings. The second-order valence-corrected chi connectivity index (χ2v) is 5.19. The molecule has 2 amide bonds. The monoisotopic (exact) mass is 335 g/mol. The minimum atomic E-state index is -0.983. The van der Waals surface area contributed by atoms with Crippen molar-refractivity contribution in [3.8, 4) is 0 Å². The predicted octanol–water partition coefficient (Wildman–Crippen LogP) is 4.10. The average Bonchev–Trinajstić information content (AvgIpc) is 2.56. The first-order valence-corrected chi connectivity index (χ1v) is 7.03. The molecule has 0 aliphatic carbocycles. The van der Waals surface area contributed by atoms with Crippen molar-refractivity contribution in [1.29, 1.82) is 0 Å². The van der Waals surface area contributed by atoms with Crippen LogP contribution in [0.4, 0.5) is 25.0 Å². The van der Waals surface area contributed by atoms with Gasteiger partial charge in [-0.25, -0.2) is 13.6 Å². The van der Waals surface area contributed by atoms with Crippen LogP contribution in [0, 0.1) is 21.7 Å². The van der Waals surface area contributed by atoms with Crippen LogP contribution < -0.4 is 5.32 Å². The molecule has 0 saturated heterocycles. The molecule has 0 aromatic heterocycles. The summed E-state index contributed by atoms with van der Waals surface area (Å²) in [6.45, 7) is 1.67. The van der Waals surface area contributed by atoms with Crippen LogP contribution in [0.25, 0.3) is 0 Å². The number of nitrogens with zero attached hydrogens (tertiary/aromatic N) is 2. The van der Waals surface area contributed by atoms with E-state index >= 15 is 0 Å². The standard InChI is InChI=1S/C16H15F2N3O3/c1-10(11-3-8-14(17)15(18)9-11)20(2)16(22)19-12-4-6-13(7-5-12)21(23)24/h3-10H,1-2H3,(H,19,22). The normalized spacial score (nSPS) is 11.7. The Labute approximate surface area is 136 Å². The fourth-order valence-electron chi connectivity index (χ4n) is 2.05. The summed E-state index contributed by atoms with van der Waals surface area (Å²) < 4.78 is 26.3. The van der Waals surface area contributed by atoms with Gasteiger partial charge >= 0.3 is 6.03 Å². The summed E-state index contributed by atoms with van der Waals surface area (Å²) in [7, 11) is 1.51. The Morgan fingerprint density at radius 3 is 2.33 bits per heavy atom. The molecule has 0 aliphatic heterocycles. The largest absolute Gasteiger partial charge is 0.322 e. The number of halogens is 2. The van der Waals surface area contributed by atoms with E-state index in [1.165, 1.54) is 42.3 Å². The molecule has 1 unspecified atom stereocenters. The van der Waals surface area contributed by atoms with Crippen molar-refractivity contribution in [1.82, 2.24) is 4.90 Å². The molecule has 0 saturated carbocycles. The Balaban J connectivity index is 2.07. The molecule has 8 heteroatoms. The van der Waals surface area contributed by atoms with Crippen molar-refractivity contribution in [2.75, 3.05) is 12.4 Å². The number of amides is 2. The molecule has 24 heavy (non-hydrogen) atoms. The Morgan fingerprint density at radius 2 is 1.79 bits per heavy atom. The third-order valence-electron chi connectivity index (χ3n) is 3.66. The Kier molecular flexibility index (Phi) is 5.08. The number of benzene rings is 2. The summed E-state index contributed by atoms with van der Waals surface area (Å²) in [5, 5.41) is 13.2. The van der Waals surface area contributed by atoms with Crippen LogP contribution in [0.5, 0.6) is 0 Å². The molecule has 0 aliphatic rings. The summed E-state index contributed by atoms with van der Waals surface area (Å²) in [5.41, 5.74) is 0.738. The molecule has 2 aromatic carbocycles. The van der Waals surface area contributed by atoms with Gasteiger partial charge in [0.15, 0.2) is 11.6 Å². The quantitative estimate of drug-likeness (QED) is 0.675. The zero-order chi connectivity index (χ0) is 17.9.